The Kier molecular flexibility index (Phi) is 5.09. The Balaban J connectivity index is 2.16. The summed E-state index contributed by atoms with van der Waals surface area (Å²) < 4.78 is 33.1. The fraction of sp³-hybridized carbons (Fsp3) is 0.412. The highest BCUT2D eigenvalue weighted by Crippen LogP contribution is 2.32. The van der Waals surface area contributed by atoms with Crippen LogP contribution in [0.25, 0.3) is 10.9 Å². The number of benzene rings is 1. The van der Waals surface area contributed by atoms with Crippen LogP contribution in [0.3, 0.4) is 0 Å². The number of aryl methyl sites for hydroxylation is 1. The summed E-state index contributed by atoms with van der Waals surface area (Å²) in [6.07, 6.45) is 1.56. The molecule has 1 aliphatic heterocycles. The number of rotatable bonds is 6. The van der Waals surface area contributed by atoms with Gasteiger partial charge in [0.15, 0.2) is 5.25 Å². The smallest absolute Gasteiger partial charge is 0.303 e. The predicted molar refractivity (Wildman–Crippen MR) is 103 cm³/mol. The van der Waals surface area contributed by atoms with E-state index in [1.807, 2.05) is 0 Å². The second-order valence-corrected chi connectivity index (χ2v) is 8.76. The third-order valence-electron chi connectivity index (χ3n) is 4.60. The van der Waals surface area contributed by atoms with Gasteiger partial charge in [0.1, 0.15) is 11.3 Å². The minimum absolute atomic E-state index is 0.110. The van der Waals surface area contributed by atoms with Gasteiger partial charge >= 0.3 is 5.97 Å². The molecule has 8 nitrogen and oxygen atoms in total. The van der Waals surface area contributed by atoms with Gasteiger partial charge in [-0.05, 0) is 37.1 Å². The first-order valence-electron chi connectivity index (χ1n) is 8.23. The van der Waals surface area contributed by atoms with E-state index in [1.54, 1.807) is 32.2 Å². The SMILES string of the molecule is COc1ccc2c(c1)c(CCC(=O)O)cn2S(=O)(=O)C1C(C)=NN(C)C1Cl. The van der Waals surface area contributed by atoms with E-state index in [4.69, 9.17) is 21.4 Å². The molecule has 2 heterocycles. The van der Waals surface area contributed by atoms with Crippen molar-refractivity contribution in [2.24, 2.45) is 5.10 Å². The van der Waals surface area contributed by atoms with E-state index >= 15 is 0 Å². The Bertz CT molecular complexity index is 1030. The number of nitrogens with zero attached hydrogens (tertiary/aromatic N) is 3. The third kappa shape index (κ3) is 3.37. The molecule has 0 spiro atoms. The Morgan fingerprint density at radius 2 is 2.11 bits per heavy atom. The first-order chi connectivity index (χ1) is 12.7. The lowest BCUT2D eigenvalue weighted by atomic mass is 10.1. The molecule has 0 saturated carbocycles. The van der Waals surface area contributed by atoms with E-state index in [9.17, 15) is 13.2 Å². The molecule has 27 heavy (non-hydrogen) atoms. The number of hydrazone groups is 1. The van der Waals surface area contributed by atoms with Gasteiger partial charge < -0.3 is 9.84 Å². The molecule has 2 unspecified atom stereocenters. The summed E-state index contributed by atoms with van der Waals surface area (Å²) in [6, 6.07) is 5.01. The van der Waals surface area contributed by atoms with Crippen molar-refractivity contribution in [1.29, 1.82) is 0 Å². The average Bonchev–Trinajstić information content (AvgIpc) is 3.10. The largest absolute Gasteiger partial charge is 0.497 e. The van der Waals surface area contributed by atoms with E-state index in [0.29, 0.717) is 27.9 Å². The van der Waals surface area contributed by atoms with Crippen molar-refractivity contribution in [3.8, 4) is 5.75 Å². The molecule has 0 saturated heterocycles. The fourth-order valence-corrected chi connectivity index (χ4v) is 5.77. The van der Waals surface area contributed by atoms with Gasteiger partial charge in [0, 0.05) is 25.1 Å². The number of ether oxygens (including phenoxy) is 1. The number of aromatic nitrogens is 1. The van der Waals surface area contributed by atoms with E-state index in [0.717, 1.165) is 0 Å². The van der Waals surface area contributed by atoms with Crippen LogP contribution in [0.4, 0.5) is 0 Å². The van der Waals surface area contributed by atoms with Gasteiger partial charge in [0.2, 0.25) is 0 Å². The number of carboxylic acid groups (broad SMARTS) is 1. The highest BCUT2D eigenvalue weighted by Gasteiger charge is 2.43. The highest BCUT2D eigenvalue weighted by atomic mass is 35.5. The van der Waals surface area contributed by atoms with Crippen LogP contribution in [0, 0.1) is 0 Å². The van der Waals surface area contributed by atoms with Crippen molar-refractivity contribution in [1.82, 2.24) is 8.98 Å². The molecule has 0 bridgehead atoms. The number of methoxy groups -OCH3 is 1. The van der Waals surface area contributed by atoms with Crippen LogP contribution in [0.2, 0.25) is 0 Å². The predicted octanol–water partition coefficient (Wildman–Crippen LogP) is 2.10. The molecule has 0 aliphatic carbocycles. The van der Waals surface area contributed by atoms with E-state index in [2.05, 4.69) is 5.10 Å². The van der Waals surface area contributed by atoms with E-state index in [-0.39, 0.29) is 12.8 Å². The van der Waals surface area contributed by atoms with Gasteiger partial charge in [-0.15, -0.1) is 0 Å². The first-order valence-corrected chi connectivity index (χ1v) is 10.2. The van der Waals surface area contributed by atoms with Crippen LogP contribution < -0.4 is 4.74 Å². The van der Waals surface area contributed by atoms with E-state index < -0.39 is 26.7 Å². The lowest BCUT2D eigenvalue weighted by molar-refractivity contribution is -0.136. The molecule has 1 aliphatic rings. The maximum Gasteiger partial charge on any atom is 0.303 e. The number of halogens is 1. The third-order valence-corrected chi connectivity index (χ3v) is 7.37. The Morgan fingerprint density at radius 3 is 2.67 bits per heavy atom. The van der Waals surface area contributed by atoms with Gasteiger partial charge in [0.05, 0.1) is 18.3 Å². The molecule has 2 aromatic rings. The van der Waals surface area contributed by atoms with Crippen LogP contribution >= 0.6 is 11.6 Å². The molecular formula is C17H20ClN3O5S. The van der Waals surface area contributed by atoms with Gasteiger partial charge in [-0.3, -0.25) is 9.80 Å². The monoisotopic (exact) mass is 413 g/mol. The van der Waals surface area contributed by atoms with Gasteiger partial charge in [-0.1, -0.05) is 11.6 Å². The Morgan fingerprint density at radius 1 is 1.41 bits per heavy atom. The minimum Gasteiger partial charge on any atom is -0.497 e. The normalized spacial score (nSPS) is 20.1. The summed E-state index contributed by atoms with van der Waals surface area (Å²) in [5.74, 6) is -0.398. The maximum absolute atomic E-state index is 13.3. The van der Waals surface area contributed by atoms with Crippen molar-refractivity contribution >= 4 is 44.2 Å². The van der Waals surface area contributed by atoms with Crippen molar-refractivity contribution in [3.63, 3.8) is 0 Å². The highest BCUT2D eigenvalue weighted by molar-refractivity contribution is 7.91. The summed E-state index contributed by atoms with van der Waals surface area (Å²) in [5.41, 5.74) is 0.637. The number of fused-ring (bicyclic) bond motifs is 1. The van der Waals surface area contributed by atoms with Crippen LogP contribution in [-0.2, 0) is 21.2 Å². The number of alkyl halides is 1. The van der Waals surface area contributed by atoms with Crippen molar-refractivity contribution in [2.75, 3.05) is 14.2 Å². The zero-order valence-electron chi connectivity index (χ0n) is 15.1. The van der Waals surface area contributed by atoms with Crippen molar-refractivity contribution in [2.45, 2.75) is 30.5 Å². The first kappa shape index (κ1) is 19.5. The molecule has 0 fully saturated rings. The number of carboxylic acids is 1. The van der Waals surface area contributed by atoms with Crippen LogP contribution in [0.5, 0.6) is 5.75 Å². The van der Waals surface area contributed by atoms with Crippen molar-refractivity contribution < 1.29 is 23.1 Å². The van der Waals surface area contributed by atoms with Gasteiger partial charge in [-0.2, -0.15) is 5.10 Å². The second kappa shape index (κ2) is 7.05. The van der Waals surface area contributed by atoms with Crippen LogP contribution in [0.1, 0.15) is 18.9 Å². The molecule has 1 aromatic heterocycles. The maximum atomic E-state index is 13.3. The molecule has 3 rings (SSSR count). The van der Waals surface area contributed by atoms with Crippen LogP contribution in [0.15, 0.2) is 29.5 Å². The summed E-state index contributed by atoms with van der Waals surface area (Å²) in [7, 11) is -0.779. The van der Waals surface area contributed by atoms with Gasteiger partial charge in [-0.25, -0.2) is 12.4 Å². The van der Waals surface area contributed by atoms with E-state index in [1.165, 1.54) is 22.3 Å². The summed E-state index contributed by atoms with van der Waals surface area (Å²) in [6.45, 7) is 1.63. The molecule has 0 radical (unpaired) electrons. The topological polar surface area (TPSA) is 101 Å². The zero-order valence-corrected chi connectivity index (χ0v) is 16.7. The molecule has 10 heteroatoms. The molecule has 146 valence electrons. The van der Waals surface area contributed by atoms with Crippen molar-refractivity contribution in [3.05, 3.63) is 30.0 Å². The number of hydrogen-bond acceptors (Lipinski definition) is 6. The summed E-state index contributed by atoms with van der Waals surface area (Å²) in [4.78, 5) is 11.0. The number of aliphatic carboxylic acids is 1. The Labute approximate surface area is 162 Å². The standard InChI is InChI=1S/C17H20ClN3O5S/c1-10-16(17(18)20(2)19-10)27(24,25)21-9-11(4-7-15(22)23)13-8-12(26-3)5-6-14(13)21/h5-6,8-9,16-17H,4,7H2,1-3H3,(H,22,23). The van der Waals surface area contributed by atoms with Crippen LogP contribution in [-0.4, -0.2) is 59.1 Å². The summed E-state index contributed by atoms with van der Waals surface area (Å²) in [5, 5.41) is 14.2. The molecular weight excluding hydrogens is 394 g/mol. The zero-order chi connectivity index (χ0) is 19.9. The lowest BCUT2D eigenvalue weighted by Gasteiger charge is -2.20. The lowest BCUT2D eigenvalue weighted by Crippen LogP contribution is -2.40. The van der Waals surface area contributed by atoms with Gasteiger partial charge in [0.25, 0.3) is 10.0 Å². The Hall–Kier alpha value is -2.26. The quantitative estimate of drug-likeness (QED) is 0.574. The average molecular weight is 414 g/mol. The molecule has 2 atom stereocenters. The molecule has 1 aromatic carbocycles. The fourth-order valence-electron chi connectivity index (χ4n) is 3.26. The number of carbonyl (C=O) groups is 1. The molecule has 0 amide bonds. The second-order valence-electron chi connectivity index (χ2n) is 6.38. The number of hydrogen-bond donors (Lipinski definition) is 1. The minimum atomic E-state index is -3.91. The summed E-state index contributed by atoms with van der Waals surface area (Å²) >= 11 is 6.29. The molecule has 1 N–H and O–H groups in total.